The minimum Gasteiger partial charge on any atom is -0.377 e. The molecule has 0 N–H and O–H groups in total. The first-order chi connectivity index (χ1) is 7.25. The molecule has 0 radical (unpaired) electrons. The predicted octanol–water partition coefficient (Wildman–Crippen LogP) is 3.02. The van der Waals surface area contributed by atoms with E-state index in [0.29, 0.717) is 18.0 Å². The molecule has 0 spiro atoms. The van der Waals surface area contributed by atoms with Gasteiger partial charge in [-0.25, -0.2) is 0 Å². The molecule has 2 atom stereocenters. The predicted molar refractivity (Wildman–Crippen MR) is 63.6 cm³/mol. The summed E-state index contributed by atoms with van der Waals surface area (Å²) in [5, 5.41) is 0.751. The Balaban J connectivity index is 1.85. The summed E-state index contributed by atoms with van der Waals surface area (Å²) in [6.45, 7) is 2.00. The normalized spacial score (nSPS) is 25.7. The molecule has 1 saturated heterocycles. The fraction of sp³-hybridized carbons (Fsp3) is 0.455. The number of hydrogen-bond donors (Lipinski definition) is 0. The van der Waals surface area contributed by atoms with Gasteiger partial charge < -0.3 is 9.47 Å². The summed E-state index contributed by atoms with van der Waals surface area (Å²) in [7, 11) is 0. The Bertz CT molecular complexity index is 315. The zero-order valence-corrected chi connectivity index (χ0v) is 10.5. The average molecular weight is 292 g/mol. The van der Waals surface area contributed by atoms with Crippen molar-refractivity contribution in [2.24, 2.45) is 0 Å². The van der Waals surface area contributed by atoms with Crippen molar-refractivity contribution in [1.82, 2.24) is 0 Å². The average Bonchev–Trinajstić information content (AvgIpc) is 2.63. The summed E-state index contributed by atoms with van der Waals surface area (Å²) < 4.78 is 11.0. The third-order valence-corrected chi connectivity index (χ3v) is 3.45. The summed E-state index contributed by atoms with van der Waals surface area (Å²) in [5.74, 6) is 0. The fourth-order valence-corrected chi connectivity index (χ4v) is 2.06. The molecule has 1 heterocycles. The van der Waals surface area contributed by atoms with Crippen LogP contribution >= 0.6 is 27.5 Å². The van der Waals surface area contributed by atoms with Crippen molar-refractivity contribution in [1.29, 1.82) is 0 Å². The standard InChI is InChI=1S/C11H12BrClO2/c12-10-6-14-7-11(10)15-5-8-1-3-9(13)4-2-8/h1-4,10-11H,5-7H2. The Hall–Kier alpha value is -0.0900. The molecule has 4 heteroatoms. The highest BCUT2D eigenvalue weighted by molar-refractivity contribution is 9.09. The molecule has 15 heavy (non-hydrogen) atoms. The van der Waals surface area contributed by atoms with Crippen LogP contribution in [0.3, 0.4) is 0 Å². The molecule has 0 saturated carbocycles. The number of rotatable bonds is 3. The van der Waals surface area contributed by atoms with Gasteiger partial charge in [0.05, 0.1) is 30.8 Å². The lowest BCUT2D eigenvalue weighted by atomic mass is 10.2. The van der Waals surface area contributed by atoms with E-state index in [1.165, 1.54) is 0 Å². The van der Waals surface area contributed by atoms with E-state index in [-0.39, 0.29) is 6.10 Å². The Morgan fingerprint density at radius 3 is 2.67 bits per heavy atom. The van der Waals surface area contributed by atoms with E-state index in [1.807, 2.05) is 24.3 Å². The maximum absolute atomic E-state index is 5.79. The molecule has 0 bridgehead atoms. The van der Waals surface area contributed by atoms with Crippen LogP contribution in [0.25, 0.3) is 0 Å². The first-order valence-electron chi connectivity index (χ1n) is 4.83. The van der Waals surface area contributed by atoms with Crippen molar-refractivity contribution in [3.8, 4) is 0 Å². The van der Waals surface area contributed by atoms with E-state index in [4.69, 9.17) is 21.1 Å². The van der Waals surface area contributed by atoms with Gasteiger partial charge in [0.1, 0.15) is 0 Å². The van der Waals surface area contributed by atoms with Crippen molar-refractivity contribution >= 4 is 27.5 Å². The SMILES string of the molecule is Clc1ccc(COC2COCC2Br)cc1. The fourth-order valence-electron chi connectivity index (χ4n) is 1.44. The Kier molecular flexibility index (Phi) is 4.03. The van der Waals surface area contributed by atoms with Gasteiger partial charge in [-0.1, -0.05) is 39.7 Å². The van der Waals surface area contributed by atoms with Gasteiger partial charge in [0.15, 0.2) is 0 Å². The summed E-state index contributed by atoms with van der Waals surface area (Å²) in [5.41, 5.74) is 1.13. The van der Waals surface area contributed by atoms with Crippen molar-refractivity contribution < 1.29 is 9.47 Å². The van der Waals surface area contributed by atoms with Crippen LogP contribution in [0.5, 0.6) is 0 Å². The summed E-state index contributed by atoms with van der Waals surface area (Å²) in [6.07, 6.45) is 0.153. The van der Waals surface area contributed by atoms with Gasteiger partial charge in [-0.3, -0.25) is 0 Å². The van der Waals surface area contributed by atoms with Crippen molar-refractivity contribution in [2.45, 2.75) is 17.5 Å². The zero-order chi connectivity index (χ0) is 10.7. The van der Waals surface area contributed by atoms with E-state index in [1.54, 1.807) is 0 Å². The molecular formula is C11H12BrClO2. The van der Waals surface area contributed by atoms with Crippen LogP contribution in [0.15, 0.2) is 24.3 Å². The third kappa shape index (κ3) is 3.18. The van der Waals surface area contributed by atoms with Crippen LogP contribution in [0.4, 0.5) is 0 Å². The van der Waals surface area contributed by atoms with Crippen LogP contribution < -0.4 is 0 Å². The monoisotopic (exact) mass is 290 g/mol. The zero-order valence-electron chi connectivity index (χ0n) is 8.16. The van der Waals surface area contributed by atoms with E-state index >= 15 is 0 Å². The summed E-state index contributed by atoms with van der Waals surface area (Å²) in [4.78, 5) is 0.310. The molecule has 82 valence electrons. The van der Waals surface area contributed by atoms with Gasteiger partial charge >= 0.3 is 0 Å². The van der Waals surface area contributed by atoms with E-state index in [2.05, 4.69) is 15.9 Å². The highest BCUT2D eigenvalue weighted by atomic mass is 79.9. The Morgan fingerprint density at radius 1 is 1.33 bits per heavy atom. The summed E-state index contributed by atoms with van der Waals surface area (Å²) in [6, 6.07) is 7.69. The van der Waals surface area contributed by atoms with E-state index in [0.717, 1.165) is 17.2 Å². The molecule has 1 fully saturated rings. The maximum Gasteiger partial charge on any atom is 0.0959 e. The Morgan fingerprint density at radius 2 is 2.07 bits per heavy atom. The molecule has 1 aliphatic heterocycles. The van der Waals surface area contributed by atoms with Gasteiger partial charge in [-0.2, -0.15) is 0 Å². The van der Waals surface area contributed by atoms with Crippen molar-refractivity contribution in [3.63, 3.8) is 0 Å². The lowest BCUT2D eigenvalue weighted by molar-refractivity contribution is 0.0339. The number of alkyl halides is 1. The minimum absolute atomic E-state index is 0.153. The van der Waals surface area contributed by atoms with Crippen molar-refractivity contribution in [3.05, 3.63) is 34.9 Å². The third-order valence-electron chi connectivity index (χ3n) is 2.34. The van der Waals surface area contributed by atoms with Gasteiger partial charge in [0.25, 0.3) is 0 Å². The largest absolute Gasteiger partial charge is 0.377 e. The first-order valence-corrected chi connectivity index (χ1v) is 6.13. The van der Waals surface area contributed by atoms with Crippen LogP contribution in [0.2, 0.25) is 5.02 Å². The molecule has 0 aromatic heterocycles. The lowest BCUT2D eigenvalue weighted by Gasteiger charge is -2.13. The minimum atomic E-state index is 0.153. The van der Waals surface area contributed by atoms with Crippen LogP contribution in [-0.4, -0.2) is 24.1 Å². The van der Waals surface area contributed by atoms with Gasteiger partial charge in [-0.15, -0.1) is 0 Å². The van der Waals surface area contributed by atoms with Gasteiger partial charge in [0, 0.05) is 5.02 Å². The molecule has 2 rings (SSSR count). The molecule has 1 aromatic rings. The van der Waals surface area contributed by atoms with Crippen LogP contribution in [0.1, 0.15) is 5.56 Å². The lowest BCUT2D eigenvalue weighted by Crippen LogP contribution is -2.21. The maximum atomic E-state index is 5.79. The van der Waals surface area contributed by atoms with Gasteiger partial charge in [-0.05, 0) is 17.7 Å². The highest BCUT2D eigenvalue weighted by Crippen LogP contribution is 2.19. The van der Waals surface area contributed by atoms with Crippen molar-refractivity contribution in [2.75, 3.05) is 13.2 Å². The number of hydrogen-bond acceptors (Lipinski definition) is 2. The molecule has 0 amide bonds. The number of halogens is 2. The molecule has 2 nitrogen and oxygen atoms in total. The second-order valence-corrected chi connectivity index (χ2v) is 5.14. The Labute approximate surface area is 103 Å². The van der Waals surface area contributed by atoms with Gasteiger partial charge in [0.2, 0.25) is 0 Å². The molecular weight excluding hydrogens is 279 g/mol. The quantitative estimate of drug-likeness (QED) is 0.797. The number of benzene rings is 1. The highest BCUT2D eigenvalue weighted by Gasteiger charge is 2.26. The number of ether oxygens (including phenoxy) is 2. The molecule has 2 unspecified atom stereocenters. The van der Waals surface area contributed by atoms with E-state index < -0.39 is 0 Å². The summed E-state index contributed by atoms with van der Waals surface area (Å²) >= 11 is 9.31. The second-order valence-electron chi connectivity index (χ2n) is 3.53. The van der Waals surface area contributed by atoms with Crippen LogP contribution in [-0.2, 0) is 16.1 Å². The first kappa shape index (κ1) is 11.4. The molecule has 1 aromatic carbocycles. The second kappa shape index (κ2) is 5.30. The molecule has 0 aliphatic carbocycles. The van der Waals surface area contributed by atoms with Crippen LogP contribution in [0, 0.1) is 0 Å². The topological polar surface area (TPSA) is 18.5 Å². The van der Waals surface area contributed by atoms with E-state index in [9.17, 15) is 0 Å². The smallest absolute Gasteiger partial charge is 0.0959 e. The molecule has 1 aliphatic rings.